The molecule has 1 aromatic heterocycles. The van der Waals surface area contributed by atoms with Crippen molar-refractivity contribution in [1.82, 2.24) is 9.80 Å². The van der Waals surface area contributed by atoms with Crippen molar-refractivity contribution in [2.75, 3.05) is 44.6 Å². The zero-order valence-corrected chi connectivity index (χ0v) is 20.1. The highest BCUT2D eigenvalue weighted by Crippen LogP contribution is 2.40. The van der Waals surface area contributed by atoms with Crippen molar-refractivity contribution in [2.45, 2.75) is 33.1 Å². The number of carbonyl (C=O) groups excluding carboxylic acids is 3. The van der Waals surface area contributed by atoms with E-state index < -0.39 is 0 Å². The largest absolute Gasteiger partial charge is 0.462 e. The lowest BCUT2D eigenvalue weighted by molar-refractivity contribution is -0.117. The van der Waals surface area contributed by atoms with E-state index in [0.29, 0.717) is 54.8 Å². The fourth-order valence-electron chi connectivity index (χ4n) is 4.50. The molecular weight excluding hydrogens is 438 g/mol. The number of rotatable bonds is 6. The minimum absolute atomic E-state index is 0.0252. The number of benzene rings is 1. The van der Waals surface area contributed by atoms with Gasteiger partial charge in [-0.2, -0.15) is 0 Å². The molecule has 1 fully saturated rings. The van der Waals surface area contributed by atoms with Crippen LogP contribution in [0, 0.1) is 5.92 Å². The van der Waals surface area contributed by atoms with Gasteiger partial charge in [0.15, 0.2) is 0 Å². The molecule has 1 saturated heterocycles. The van der Waals surface area contributed by atoms with Crippen LogP contribution < -0.4 is 5.32 Å². The number of esters is 1. The molecule has 4 rings (SSSR count). The lowest BCUT2D eigenvalue weighted by Gasteiger charge is -2.34. The van der Waals surface area contributed by atoms with E-state index >= 15 is 0 Å². The Morgan fingerprint density at radius 1 is 1.12 bits per heavy atom. The predicted octanol–water partition coefficient (Wildman–Crippen LogP) is 3.45. The van der Waals surface area contributed by atoms with Gasteiger partial charge in [-0.05, 0) is 49.8 Å². The molecule has 1 aliphatic heterocycles. The maximum absolute atomic E-state index is 12.8. The van der Waals surface area contributed by atoms with Gasteiger partial charge in [0, 0.05) is 36.6 Å². The zero-order chi connectivity index (χ0) is 23.4. The van der Waals surface area contributed by atoms with Crippen LogP contribution in [0.15, 0.2) is 30.3 Å². The maximum atomic E-state index is 12.8. The molecule has 176 valence electrons. The molecule has 2 heterocycles. The van der Waals surface area contributed by atoms with Gasteiger partial charge in [-0.15, -0.1) is 11.3 Å². The fraction of sp³-hybridized carbons (Fsp3) is 0.480. The molecule has 8 heteroatoms. The van der Waals surface area contributed by atoms with Gasteiger partial charge in [0.1, 0.15) is 5.00 Å². The summed E-state index contributed by atoms with van der Waals surface area (Å²) in [5.41, 5.74) is 2.27. The Bertz CT molecular complexity index is 1010. The molecule has 0 radical (unpaired) electrons. The first-order valence-corrected chi connectivity index (χ1v) is 12.5. The second-order valence-electron chi connectivity index (χ2n) is 8.76. The Labute approximate surface area is 198 Å². The lowest BCUT2D eigenvalue weighted by Crippen LogP contribution is -2.50. The summed E-state index contributed by atoms with van der Waals surface area (Å²) in [7, 11) is 0. The molecule has 1 N–H and O–H groups in total. The van der Waals surface area contributed by atoms with Gasteiger partial charge in [0.2, 0.25) is 5.91 Å². The van der Waals surface area contributed by atoms with Gasteiger partial charge in [-0.3, -0.25) is 14.5 Å². The third kappa shape index (κ3) is 5.45. The van der Waals surface area contributed by atoms with Gasteiger partial charge in [0.25, 0.3) is 5.91 Å². The Balaban J connectivity index is 1.37. The van der Waals surface area contributed by atoms with Crippen molar-refractivity contribution in [3.05, 3.63) is 51.9 Å². The minimum Gasteiger partial charge on any atom is -0.462 e. The molecular formula is C25H31N3O4S. The number of fused-ring (bicyclic) bond motifs is 1. The first-order valence-electron chi connectivity index (χ1n) is 11.6. The monoisotopic (exact) mass is 469 g/mol. The number of amides is 2. The first kappa shape index (κ1) is 23.4. The van der Waals surface area contributed by atoms with Crippen molar-refractivity contribution in [3.63, 3.8) is 0 Å². The van der Waals surface area contributed by atoms with E-state index in [1.54, 1.807) is 6.92 Å². The van der Waals surface area contributed by atoms with Crippen LogP contribution in [0.2, 0.25) is 0 Å². The van der Waals surface area contributed by atoms with Crippen LogP contribution in [0.5, 0.6) is 0 Å². The van der Waals surface area contributed by atoms with Crippen LogP contribution in [-0.4, -0.2) is 66.9 Å². The van der Waals surface area contributed by atoms with Crippen LogP contribution in [0.3, 0.4) is 0 Å². The van der Waals surface area contributed by atoms with E-state index in [4.69, 9.17) is 4.74 Å². The Morgan fingerprint density at radius 3 is 2.55 bits per heavy atom. The molecule has 2 aliphatic rings. The summed E-state index contributed by atoms with van der Waals surface area (Å²) < 4.78 is 5.29. The highest BCUT2D eigenvalue weighted by molar-refractivity contribution is 7.17. The molecule has 0 saturated carbocycles. The third-order valence-corrected chi connectivity index (χ3v) is 7.46. The summed E-state index contributed by atoms with van der Waals surface area (Å²) in [5, 5.41) is 3.59. The van der Waals surface area contributed by atoms with Crippen LogP contribution in [0.4, 0.5) is 5.00 Å². The van der Waals surface area contributed by atoms with E-state index in [9.17, 15) is 14.4 Å². The minimum atomic E-state index is -0.354. The molecule has 0 bridgehead atoms. The number of ether oxygens (including phenoxy) is 1. The van der Waals surface area contributed by atoms with Crippen LogP contribution >= 0.6 is 11.3 Å². The second kappa shape index (κ2) is 10.5. The summed E-state index contributed by atoms with van der Waals surface area (Å²) >= 11 is 1.51. The Hall–Kier alpha value is -2.71. The van der Waals surface area contributed by atoms with Crippen LogP contribution in [-0.2, 0) is 22.4 Å². The molecule has 0 unspecified atom stereocenters. The molecule has 2 aromatic rings. The predicted molar refractivity (Wildman–Crippen MR) is 129 cm³/mol. The highest BCUT2D eigenvalue weighted by Gasteiger charge is 2.30. The van der Waals surface area contributed by atoms with Gasteiger partial charge in [-0.1, -0.05) is 25.1 Å². The molecule has 1 aliphatic carbocycles. The normalized spacial score (nSPS) is 18.5. The maximum Gasteiger partial charge on any atom is 0.341 e. The number of thiophene rings is 1. The van der Waals surface area contributed by atoms with Gasteiger partial charge < -0.3 is 15.0 Å². The molecule has 1 atom stereocenters. The van der Waals surface area contributed by atoms with Gasteiger partial charge >= 0.3 is 5.97 Å². The van der Waals surface area contributed by atoms with E-state index in [2.05, 4.69) is 12.2 Å². The summed E-state index contributed by atoms with van der Waals surface area (Å²) in [6.07, 6.45) is 2.81. The SMILES string of the molecule is CCOC(=O)c1c(NC(=O)CN2CCN(C(=O)c3ccccc3)CC2)sc2c1CC[C@H](C)C2. The van der Waals surface area contributed by atoms with Crippen molar-refractivity contribution in [2.24, 2.45) is 5.92 Å². The van der Waals surface area contributed by atoms with E-state index in [-0.39, 0.29) is 24.3 Å². The lowest BCUT2D eigenvalue weighted by atomic mass is 9.88. The van der Waals surface area contributed by atoms with E-state index in [0.717, 1.165) is 24.8 Å². The summed E-state index contributed by atoms with van der Waals surface area (Å²) in [6, 6.07) is 9.27. The van der Waals surface area contributed by atoms with Gasteiger partial charge in [-0.25, -0.2) is 4.79 Å². The number of anilines is 1. The molecule has 33 heavy (non-hydrogen) atoms. The van der Waals surface area contributed by atoms with Crippen LogP contribution in [0.25, 0.3) is 0 Å². The third-order valence-electron chi connectivity index (χ3n) is 6.29. The number of piperazine rings is 1. The summed E-state index contributed by atoms with van der Waals surface area (Å²) in [6.45, 7) is 6.98. The molecule has 7 nitrogen and oxygen atoms in total. The van der Waals surface area contributed by atoms with Crippen LogP contribution in [0.1, 0.15) is 51.4 Å². The average Bonchev–Trinajstić information content (AvgIpc) is 3.16. The standard InChI is InChI=1S/C25H31N3O4S/c1-3-32-25(31)22-19-10-9-17(2)15-20(19)33-23(22)26-21(29)16-27-11-13-28(14-12-27)24(30)18-7-5-4-6-8-18/h4-8,17H,3,9-16H2,1-2H3,(H,26,29)/t17-/m0/s1. The quantitative estimate of drug-likeness (QED) is 0.656. The second-order valence-corrected chi connectivity index (χ2v) is 9.86. The number of hydrogen-bond acceptors (Lipinski definition) is 6. The Kier molecular flexibility index (Phi) is 7.45. The van der Waals surface area contributed by atoms with Crippen molar-refractivity contribution < 1.29 is 19.1 Å². The molecule has 1 aromatic carbocycles. The zero-order valence-electron chi connectivity index (χ0n) is 19.3. The molecule has 0 spiro atoms. The summed E-state index contributed by atoms with van der Waals surface area (Å²) in [5.74, 6) is 0.102. The number of nitrogens with one attached hydrogen (secondary N) is 1. The van der Waals surface area contributed by atoms with E-state index in [1.807, 2.05) is 40.1 Å². The van der Waals surface area contributed by atoms with Crippen molar-refractivity contribution >= 4 is 34.1 Å². The highest BCUT2D eigenvalue weighted by atomic mass is 32.1. The molecule has 2 amide bonds. The number of hydrogen-bond donors (Lipinski definition) is 1. The van der Waals surface area contributed by atoms with Gasteiger partial charge in [0.05, 0.1) is 18.7 Å². The van der Waals surface area contributed by atoms with Crippen molar-refractivity contribution in [1.29, 1.82) is 0 Å². The summed E-state index contributed by atoms with van der Waals surface area (Å²) in [4.78, 5) is 43.2. The number of nitrogens with zero attached hydrogens (tertiary/aromatic N) is 2. The smallest absolute Gasteiger partial charge is 0.341 e. The average molecular weight is 470 g/mol. The van der Waals surface area contributed by atoms with Crippen molar-refractivity contribution in [3.8, 4) is 0 Å². The number of carbonyl (C=O) groups is 3. The fourth-order valence-corrected chi connectivity index (χ4v) is 5.91. The topological polar surface area (TPSA) is 79.0 Å². The first-order chi connectivity index (χ1) is 16.0. The van der Waals surface area contributed by atoms with E-state index in [1.165, 1.54) is 16.2 Å². The Morgan fingerprint density at radius 2 is 1.85 bits per heavy atom.